The Morgan fingerprint density at radius 1 is 1.43 bits per heavy atom. The van der Waals surface area contributed by atoms with Gasteiger partial charge in [-0.3, -0.25) is 10.1 Å². The lowest BCUT2D eigenvalue weighted by Gasteiger charge is -2.47. The normalized spacial score (nSPS) is 18.5. The van der Waals surface area contributed by atoms with Gasteiger partial charge in [0.25, 0.3) is 5.69 Å². The van der Waals surface area contributed by atoms with Crippen LogP contribution in [0.25, 0.3) is 0 Å². The zero-order chi connectivity index (χ0) is 16.0. The van der Waals surface area contributed by atoms with Crippen molar-refractivity contribution < 1.29 is 18.4 Å². The van der Waals surface area contributed by atoms with Crippen LogP contribution in [0.5, 0.6) is 0 Å². The number of halogens is 1. The molecule has 0 amide bonds. The molecule has 0 unspecified atom stereocenters. The van der Waals surface area contributed by atoms with Crippen molar-refractivity contribution >= 4 is 27.3 Å². The Balaban J connectivity index is 2.30. The second kappa shape index (κ2) is 5.20. The van der Waals surface area contributed by atoms with Crippen LogP contribution in [0.3, 0.4) is 0 Å². The van der Waals surface area contributed by atoms with Crippen LogP contribution in [0.15, 0.2) is 23.1 Å². The monoisotopic (exact) mass is 334 g/mol. The van der Waals surface area contributed by atoms with Crippen LogP contribution in [0, 0.1) is 16.0 Å². The molecule has 0 spiro atoms. The first kappa shape index (κ1) is 16.2. The molecule has 0 aromatic heterocycles. The van der Waals surface area contributed by atoms with E-state index < -0.39 is 26.2 Å². The molecule has 1 N–H and O–H groups in total. The van der Waals surface area contributed by atoms with Crippen LogP contribution in [0.4, 0.5) is 5.69 Å². The molecule has 9 heteroatoms. The summed E-state index contributed by atoms with van der Waals surface area (Å²) < 4.78 is 25.8. The average molecular weight is 335 g/mol. The quantitative estimate of drug-likeness (QED) is 0.666. The smallest absolute Gasteiger partial charge is 0.289 e. The van der Waals surface area contributed by atoms with Crippen LogP contribution in [0.2, 0.25) is 5.02 Å². The van der Waals surface area contributed by atoms with E-state index in [1.807, 2.05) is 0 Å². The molecule has 0 atom stereocenters. The van der Waals surface area contributed by atoms with Gasteiger partial charge in [0.15, 0.2) is 0 Å². The molecule has 0 saturated carbocycles. The van der Waals surface area contributed by atoms with Crippen LogP contribution < -0.4 is 0 Å². The van der Waals surface area contributed by atoms with E-state index in [-0.39, 0.29) is 28.9 Å². The van der Waals surface area contributed by atoms with Crippen molar-refractivity contribution in [3.63, 3.8) is 0 Å². The molecule has 0 bridgehead atoms. The highest BCUT2D eigenvalue weighted by molar-refractivity contribution is 7.89. The highest BCUT2D eigenvalue weighted by Gasteiger charge is 2.49. The Labute approximate surface area is 127 Å². The van der Waals surface area contributed by atoms with E-state index in [0.717, 1.165) is 10.4 Å². The topological polar surface area (TPSA) is 101 Å². The summed E-state index contributed by atoms with van der Waals surface area (Å²) in [4.78, 5) is 9.88. The maximum atomic E-state index is 12.4. The molecule has 2 rings (SSSR count). The van der Waals surface area contributed by atoms with Gasteiger partial charge in [0.2, 0.25) is 10.0 Å². The summed E-state index contributed by atoms with van der Waals surface area (Å²) in [5.41, 5.74) is -1.51. The third kappa shape index (κ3) is 2.76. The molecule has 1 aromatic carbocycles. The number of aliphatic hydroxyl groups is 1. The van der Waals surface area contributed by atoms with E-state index in [4.69, 9.17) is 11.6 Å². The Morgan fingerprint density at radius 3 is 2.48 bits per heavy atom. The molecule has 7 nitrogen and oxygen atoms in total. The number of β-amino-alcohol motifs (C(OH)–C–C–N with tert-alkyl or cyclic N) is 1. The average Bonchev–Trinajstić information content (AvgIpc) is 2.34. The van der Waals surface area contributed by atoms with E-state index >= 15 is 0 Å². The number of nitrogens with zero attached hydrogens (tertiary/aromatic N) is 2. The van der Waals surface area contributed by atoms with E-state index in [0.29, 0.717) is 0 Å². The van der Waals surface area contributed by atoms with Gasteiger partial charge in [-0.15, -0.1) is 0 Å². The van der Waals surface area contributed by atoms with Crippen LogP contribution in [-0.2, 0) is 10.0 Å². The van der Waals surface area contributed by atoms with Gasteiger partial charge in [0, 0.05) is 19.2 Å². The number of nitro groups is 1. The molecular weight excluding hydrogens is 320 g/mol. The van der Waals surface area contributed by atoms with Gasteiger partial charge in [-0.25, -0.2) is 8.42 Å². The summed E-state index contributed by atoms with van der Waals surface area (Å²) in [7, 11) is -3.87. The molecule has 1 aromatic rings. The molecule has 116 valence electrons. The SMILES string of the molecule is CC(C)C1(O)CN(S(=O)(=O)c2ccc(Cl)c([N+](=O)[O-])c2)C1. The second-order valence-corrected chi connectivity index (χ2v) is 7.75. The van der Waals surface area contributed by atoms with Crippen molar-refractivity contribution in [2.24, 2.45) is 5.92 Å². The third-order valence-electron chi connectivity index (χ3n) is 3.73. The van der Waals surface area contributed by atoms with Gasteiger partial charge in [-0.1, -0.05) is 25.4 Å². The van der Waals surface area contributed by atoms with Crippen molar-refractivity contribution in [2.75, 3.05) is 13.1 Å². The van der Waals surface area contributed by atoms with Gasteiger partial charge >= 0.3 is 0 Å². The first-order chi connectivity index (χ1) is 9.58. The fourth-order valence-corrected chi connectivity index (χ4v) is 3.81. The summed E-state index contributed by atoms with van der Waals surface area (Å²) >= 11 is 5.67. The number of hydrogen-bond donors (Lipinski definition) is 1. The molecule has 0 radical (unpaired) electrons. The fourth-order valence-electron chi connectivity index (χ4n) is 2.04. The maximum Gasteiger partial charge on any atom is 0.289 e. The number of sulfonamides is 1. The highest BCUT2D eigenvalue weighted by atomic mass is 35.5. The van der Waals surface area contributed by atoms with Gasteiger partial charge in [0.05, 0.1) is 15.4 Å². The van der Waals surface area contributed by atoms with Crippen molar-refractivity contribution in [2.45, 2.75) is 24.3 Å². The van der Waals surface area contributed by atoms with E-state index in [1.165, 1.54) is 12.1 Å². The second-order valence-electron chi connectivity index (χ2n) is 5.40. The molecule has 1 saturated heterocycles. The summed E-state index contributed by atoms with van der Waals surface area (Å²) in [5.74, 6) is -0.0801. The zero-order valence-electron chi connectivity index (χ0n) is 11.5. The molecule has 1 aliphatic rings. The maximum absolute atomic E-state index is 12.4. The van der Waals surface area contributed by atoms with Crippen molar-refractivity contribution in [3.05, 3.63) is 33.3 Å². The highest BCUT2D eigenvalue weighted by Crippen LogP contribution is 2.35. The molecule has 1 aliphatic heterocycles. The fraction of sp³-hybridized carbons (Fsp3) is 0.500. The lowest BCUT2D eigenvalue weighted by molar-refractivity contribution is -0.384. The molecule has 1 heterocycles. The summed E-state index contributed by atoms with van der Waals surface area (Å²) in [6.07, 6.45) is 0. The van der Waals surface area contributed by atoms with Gasteiger partial charge in [0.1, 0.15) is 5.02 Å². The summed E-state index contributed by atoms with van der Waals surface area (Å²) in [6.45, 7) is 3.56. The largest absolute Gasteiger partial charge is 0.387 e. The van der Waals surface area contributed by atoms with E-state index in [9.17, 15) is 23.6 Å². The lowest BCUT2D eigenvalue weighted by atomic mass is 9.85. The molecular formula is C12H15ClN2O5S. The Bertz CT molecular complexity index is 683. The van der Waals surface area contributed by atoms with Crippen LogP contribution in [-0.4, -0.2) is 41.4 Å². The molecule has 1 fully saturated rings. The van der Waals surface area contributed by atoms with Crippen LogP contribution >= 0.6 is 11.6 Å². The number of rotatable bonds is 4. The minimum absolute atomic E-state index is 0.0244. The van der Waals surface area contributed by atoms with Crippen molar-refractivity contribution in [3.8, 4) is 0 Å². The number of hydrogen-bond acceptors (Lipinski definition) is 5. The first-order valence-electron chi connectivity index (χ1n) is 6.24. The summed E-state index contributed by atoms with van der Waals surface area (Å²) in [6, 6.07) is 3.34. The van der Waals surface area contributed by atoms with Crippen molar-refractivity contribution in [1.82, 2.24) is 4.31 Å². The van der Waals surface area contributed by atoms with Crippen LogP contribution in [0.1, 0.15) is 13.8 Å². The molecule has 0 aliphatic carbocycles. The Kier molecular flexibility index (Phi) is 4.00. The lowest BCUT2D eigenvalue weighted by Crippen LogP contribution is -2.65. The van der Waals surface area contributed by atoms with Crippen molar-refractivity contribution in [1.29, 1.82) is 0 Å². The zero-order valence-corrected chi connectivity index (χ0v) is 13.1. The predicted octanol–water partition coefficient (Wildman–Crippen LogP) is 1.64. The summed E-state index contributed by atoms with van der Waals surface area (Å²) in [5, 5.41) is 20.8. The van der Waals surface area contributed by atoms with Gasteiger partial charge < -0.3 is 5.11 Å². The number of nitro benzene ring substituents is 1. The van der Waals surface area contributed by atoms with Gasteiger partial charge in [-0.2, -0.15) is 4.31 Å². The van der Waals surface area contributed by atoms with Gasteiger partial charge in [-0.05, 0) is 18.1 Å². The number of benzene rings is 1. The minimum atomic E-state index is -3.87. The third-order valence-corrected chi connectivity index (χ3v) is 5.83. The standard InChI is InChI=1S/C12H15ClN2O5S/c1-8(2)12(16)6-14(7-12)21(19,20)9-3-4-10(13)11(5-9)15(17)18/h3-5,8,16H,6-7H2,1-2H3. The Hall–Kier alpha value is -1.22. The van der Waals surface area contributed by atoms with E-state index in [1.54, 1.807) is 13.8 Å². The Morgan fingerprint density at radius 2 is 2.00 bits per heavy atom. The predicted molar refractivity (Wildman–Crippen MR) is 76.7 cm³/mol. The van der Waals surface area contributed by atoms with E-state index in [2.05, 4.69) is 0 Å². The minimum Gasteiger partial charge on any atom is -0.387 e. The first-order valence-corrected chi connectivity index (χ1v) is 8.06. The molecule has 21 heavy (non-hydrogen) atoms.